The van der Waals surface area contributed by atoms with E-state index < -0.39 is 0 Å². The van der Waals surface area contributed by atoms with Gasteiger partial charge in [-0.2, -0.15) is 0 Å². The van der Waals surface area contributed by atoms with Gasteiger partial charge in [-0.3, -0.25) is 4.79 Å². The van der Waals surface area contributed by atoms with Gasteiger partial charge in [-0.1, -0.05) is 17.2 Å². The fourth-order valence-corrected chi connectivity index (χ4v) is 3.58. The second-order valence-corrected chi connectivity index (χ2v) is 6.93. The summed E-state index contributed by atoms with van der Waals surface area (Å²) in [4.78, 5) is 14.8. The van der Waals surface area contributed by atoms with Crippen LogP contribution < -0.4 is 4.74 Å². The molecule has 0 radical (unpaired) electrons. The van der Waals surface area contributed by atoms with E-state index in [1.165, 1.54) is 0 Å². The third kappa shape index (κ3) is 3.52. The van der Waals surface area contributed by atoms with Crippen LogP contribution in [0.1, 0.15) is 54.2 Å². The minimum Gasteiger partial charge on any atom is -0.497 e. The Hall–Kier alpha value is -3.09. The molecule has 0 spiro atoms. The van der Waals surface area contributed by atoms with Gasteiger partial charge in [0, 0.05) is 30.7 Å². The van der Waals surface area contributed by atoms with Crippen LogP contribution in [0.5, 0.6) is 5.75 Å². The summed E-state index contributed by atoms with van der Waals surface area (Å²) in [5.41, 5.74) is 2.29. The van der Waals surface area contributed by atoms with Crippen LogP contribution in [-0.4, -0.2) is 34.8 Å². The number of carbonyl (C=O) groups excluding carboxylic acids is 1. The average molecular weight is 381 g/mol. The average Bonchev–Trinajstić information content (AvgIpc) is 3.47. The van der Waals surface area contributed by atoms with Gasteiger partial charge in [-0.15, -0.1) is 0 Å². The van der Waals surface area contributed by atoms with Crippen molar-refractivity contribution in [1.29, 1.82) is 0 Å². The molecule has 4 rings (SSSR count). The van der Waals surface area contributed by atoms with E-state index in [9.17, 15) is 4.79 Å². The van der Waals surface area contributed by atoms with Gasteiger partial charge in [0.1, 0.15) is 22.9 Å². The monoisotopic (exact) mass is 381 g/mol. The number of ether oxygens (including phenoxy) is 1. The first-order chi connectivity index (χ1) is 13.7. The maximum Gasteiger partial charge on any atom is 0.293 e. The summed E-state index contributed by atoms with van der Waals surface area (Å²) < 4.78 is 15.9. The standard InChI is InChI=1S/C21H23N3O4/c1-3-5-16-12-18(23-27-16)19-6-4-11-24(19)21(25)20-13-17(22-28-20)14-7-9-15(26-2)10-8-14/h7-10,12-13,19H,3-6,11H2,1-2H3/t19-/m0/s1. The van der Waals surface area contributed by atoms with Crippen LogP contribution in [0.4, 0.5) is 0 Å². The highest BCUT2D eigenvalue weighted by Gasteiger charge is 2.34. The molecule has 1 aliphatic heterocycles. The first kappa shape index (κ1) is 18.3. The predicted octanol–water partition coefficient (Wildman–Crippen LogP) is 4.27. The molecule has 1 aromatic carbocycles. The first-order valence-corrected chi connectivity index (χ1v) is 9.57. The van der Waals surface area contributed by atoms with Gasteiger partial charge in [0.2, 0.25) is 5.76 Å². The molecule has 28 heavy (non-hydrogen) atoms. The Labute approximate surface area is 163 Å². The Morgan fingerprint density at radius 2 is 2.04 bits per heavy atom. The van der Waals surface area contributed by atoms with E-state index in [4.69, 9.17) is 13.8 Å². The number of benzene rings is 1. The molecule has 7 heteroatoms. The summed E-state index contributed by atoms with van der Waals surface area (Å²) in [6, 6.07) is 11.0. The lowest BCUT2D eigenvalue weighted by atomic mass is 10.1. The summed E-state index contributed by atoms with van der Waals surface area (Å²) in [6.45, 7) is 2.76. The molecule has 1 atom stereocenters. The SMILES string of the molecule is CCCc1cc([C@@H]2CCCN2C(=O)c2cc(-c3ccc(OC)cc3)no2)no1. The second kappa shape index (κ2) is 7.88. The highest BCUT2D eigenvalue weighted by molar-refractivity contribution is 5.93. The van der Waals surface area contributed by atoms with Crippen LogP contribution in [0.15, 0.2) is 45.4 Å². The minimum absolute atomic E-state index is 0.0867. The summed E-state index contributed by atoms with van der Waals surface area (Å²) in [6.07, 6.45) is 3.63. The Morgan fingerprint density at radius 1 is 1.21 bits per heavy atom. The number of nitrogens with zero attached hydrogens (tertiary/aromatic N) is 3. The van der Waals surface area contributed by atoms with Crippen molar-refractivity contribution in [3.8, 4) is 17.0 Å². The molecule has 0 N–H and O–H groups in total. The van der Waals surface area contributed by atoms with E-state index in [1.807, 2.05) is 30.3 Å². The molecule has 7 nitrogen and oxygen atoms in total. The molecule has 1 aliphatic rings. The second-order valence-electron chi connectivity index (χ2n) is 6.93. The summed E-state index contributed by atoms with van der Waals surface area (Å²) in [5.74, 6) is 1.68. The third-order valence-electron chi connectivity index (χ3n) is 5.04. The van der Waals surface area contributed by atoms with E-state index >= 15 is 0 Å². The maximum absolute atomic E-state index is 13.0. The van der Waals surface area contributed by atoms with Crippen molar-refractivity contribution in [2.24, 2.45) is 0 Å². The Kier molecular flexibility index (Phi) is 5.14. The quantitative estimate of drug-likeness (QED) is 0.634. The van der Waals surface area contributed by atoms with Crippen LogP contribution in [0, 0.1) is 0 Å². The molecule has 0 saturated carbocycles. The maximum atomic E-state index is 13.0. The zero-order chi connectivity index (χ0) is 19.5. The fourth-order valence-electron chi connectivity index (χ4n) is 3.58. The van der Waals surface area contributed by atoms with Crippen molar-refractivity contribution in [2.75, 3.05) is 13.7 Å². The lowest BCUT2D eigenvalue weighted by molar-refractivity contribution is 0.0688. The minimum atomic E-state index is -0.171. The van der Waals surface area contributed by atoms with Crippen molar-refractivity contribution in [3.05, 3.63) is 53.6 Å². The Bertz CT molecular complexity index is 945. The van der Waals surface area contributed by atoms with Crippen molar-refractivity contribution in [1.82, 2.24) is 15.2 Å². The van der Waals surface area contributed by atoms with Gasteiger partial charge in [0.15, 0.2) is 0 Å². The Balaban J connectivity index is 1.52. The smallest absolute Gasteiger partial charge is 0.293 e. The number of hydrogen-bond donors (Lipinski definition) is 0. The van der Waals surface area contributed by atoms with Crippen LogP contribution in [0.2, 0.25) is 0 Å². The summed E-state index contributed by atoms with van der Waals surface area (Å²) in [5, 5.41) is 8.25. The van der Waals surface area contributed by atoms with Crippen molar-refractivity contribution in [2.45, 2.75) is 38.6 Å². The molecule has 1 amide bonds. The zero-order valence-electron chi connectivity index (χ0n) is 16.1. The topological polar surface area (TPSA) is 81.6 Å². The van der Waals surface area contributed by atoms with Crippen LogP contribution in [0.3, 0.4) is 0 Å². The van der Waals surface area contributed by atoms with E-state index in [0.717, 1.165) is 48.5 Å². The molecule has 0 aliphatic carbocycles. The number of aryl methyl sites for hydroxylation is 1. The number of methoxy groups -OCH3 is 1. The van der Waals surface area contributed by atoms with E-state index in [-0.39, 0.29) is 17.7 Å². The van der Waals surface area contributed by atoms with Gasteiger partial charge in [-0.25, -0.2) is 0 Å². The third-order valence-corrected chi connectivity index (χ3v) is 5.04. The molecule has 1 fully saturated rings. The molecular weight excluding hydrogens is 358 g/mol. The first-order valence-electron chi connectivity index (χ1n) is 9.57. The number of carbonyl (C=O) groups is 1. The largest absolute Gasteiger partial charge is 0.497 e. The van der Waals surface area contributed by atoms with Gasteiger partial charge in [0.25, 0.3) is 5.91 Å². The van der Waals surface area contributed by atoms with Gasteiger partial charge in [-0.05, 0) is 43.5 Å². The lowest BCUT2D eigenvalue weighted by Gasteiger charge is -2.21. The molecule has 1 saturated heterocycles. The van der Waals surface area contributed by atoms with Gasteiger partial charge < -0.3 is 18.7 Å². The van der Waals surface area contributed by atoms with Crippen molar-refractivity contribution >= 4 is 5.91 Å². The van der Waals surface area contributed by atoms with Crippen LogP contribution in [0.25, 0.3) is 11.3 Å². The predicted molar refractivity (Wildman–Crippen MR) is 102 cm³/mol. The van der Waals surface area contributed by atoms with E-state index in [2.05, 4.69) is 17.2 Å². The highest BCUT2D eigenvalue weighted by atomic mass is 16.5. The lowest BCUT2D eigenvalue weighted by Crippen LogP contribution is -2.30. The number of amides is 1. The van der Waals surface area contributed by atoms with Crippen LogP contribution in [-0.2, 0) is 6.42 Å². The van der Waals surface area contributed by atoms with Crippen molar-refractivity contribution < 1.29 is 18.6 Å². The highest BCUT2D eigenvalue weighted by Crippen LogP contribution is 2.33. The van der Waals surface area contributed by atoms with Crippen LogP contribution >= 0.6 is 0 Å². The van der Waals surface area contributed by atoms with E-state index in [1.54, 1.807) is 18.1 Å². The fraction of sp³-hybridized carbons (Fsp3) is 0.381. The normalized spacial score (nSPS) is 16.5. The molecule has 0 unspecified atom stereocenters. The Morgan fingerprint density at radius 3 is 2.79 bits per heavy atom. The molecule has 146 valence electrons. The molecule has 2 aromatic heterocycles. The molecule has 3 heterocycles. The number of aromatic nitrogens is 2. The zero-order valence-corrected chi connectivity index (χ0v) is 16.1. The van der Waals surface area contributed by atoms with Crippen molar-refractivity contribution in [3.63, 3.8) is 0 Å². The number of likely N-dealkylation sites (tertiary alicyclic amines) is 1. The van der Waals surface area contributed by atoms with E-state index in [0.29, 0.717) is 12.2 Å². The molecule has 0 bridgehead atoms. The van der Waals surface area contributed by atoms with Gasteiger partial charge >= 0.3 is 0 Å². The van der Waals surface area contributed by atoms with Gasteiger partial charge in [0.05, 0.1) is 13.2 Å². The number of hydrogen-bond acceptors (Lipinski definition) is 6. The summed E-state index contributed by atoms with van der Waals surface area (Å²) in [7, 11) is 1.62. The number of rotatable bonds is 6. The summed E-state index contributed by atoms with van der Waals surface area (Å²) >= 11 is 0. The molecule has 3 aromatic rings. The molecular formula is C21H23N3O4.